The summed E-state index contributed by atoms with van der Waals surface area (Å²) >= 11 is 0. The molecule has 42 heavy (non-hydrogen) atoms. The predicted octanol–water partition coefficient (Wildman–Crippen LogP) is 11.4. The van der Waals surface area contributed by atoms with E-state index >= 15 is 0 Å². The molecule has 0 saturated carbocycles. The molecule has 0 saturated heterocycles. The Morgan fingerprint density at radius 2 is 0.738 bits per heavy atom. The summed E-state index contributed by atoms with van der Waals surface area (Å²) in [7, 11) is 0. The fraction of sp³-hybridized carbons (Fsp3) is 0.0952. The minimum absolute atomic E-state index is 1.05. The third kappa shape index (κ3) is 3.68. The smallest absolute Gasteiger partial charge is 0.00880 e. The second-order valence-corrected chi connectivity index (χ2v) is 12.3. The van der Waals surface area contributed by atoms with Gasteiger partial charge in [0.25, 0.3) is 0 Å². The first-order valence-corrected chi connectivity index (χ1v) is 15.0. The molecule has 0 amide bonds. The van der Waals surface area contributed by atoms with Gasteiger partial charge in [-0.25, -0.2) is 0 Å². The highest BCUT2D eigenvalue weighted by Crippen LogP contribution is 2.36. The summed E-state index contributed by atoms with van der Waals surface area (Å²) in [6.07, 6.45) is 11.1. The molecule has 0 atom stereocenters. The van der Waals surface area contributed by atoms with Crippen molar-refractivity contribution in [2.24, 2.45) is 0 Å². The van der Waals surface area contributed by atoms with Crippen molar-refractivity contribution in [3.63, 3.8) is 0 Å². The second kappa shape index (κ2) is 8.78. The Kier molecular flexibility index (Phi) is 4.96. The van der Waals surface area contributed by atoms with Crippen molar-refractivity contribution in [3.8, 4) is 22.3 Å². The van der Waals surface area contributed by atoms with Crippen molar-refractivity contribution in [2.75, 3.05) is 0 Å². The van der Waals surface area contributed by atoms with Crippen molar-refractivity contribution in [2.45, 2.75) is 26.7 Å². The van der Waals surface area contributed by atoms with E-state index in [-0.39, 0.29) is 0 Å². The summed E-state index contributed by atoms with van der Waals surface area (Å²) in [5.41, 5.74) is 13.4. The molecular weight excluding hydrogens is 504 g/mol. The van der Waals surface area contributed by atoms with E-state index in [9.17, 15) is 0 Å². The van der Waals surface area contributed by atoms with E-state index < -0.39 is 0 Å². The van der Waals surface area contributed by atoms with Crippen LogP contribution in [-0.2, 0) is 12.8 Å². The van der Waals surface area contributed by atoms with Crippen LogP contribution in [0.4, 0.5) is 0 Å². The van der Waals surface area contributed by atoms with Gasteiger partial charge in [0, 0.05) is 0 Å². The molecule has 0 unspecified atom stereocenters. The molecule has 0 heteroatoms. The largest absolute Gasteiger partial charge is 0.0795 e. The molecule has 0 bridgehead atoms. The average Bonchev–Trinajstić information content (AvgIpc) is 3.65. The second-order valence-electron chi connectivity index (χ2n) is 12.3. The molecule has 0 spiro atoms. The van der Waals surface area contributed by atoms with E-state index in [0.29, 0.717) is 0 Å². The van der Waals surface area contributed by atoms with Crippen LogP contribution in [0.2, 0.25) is 0 Å². The van der Waals surface area contributed by atoms with Gasteiger partial charge >= 0.3 is 0 Å². The van der Waals surface area contributed by atoms with E-state index in [1.807, 2.05) is 0 Å². The molecule has 0 heterocycles. The monoisotopic (exact) mass is 534 g/mol. The van der Waals surface area contributed by atoms with Gasteiger partial charge in [-0.1, -0.05) is 72.8 Å². The first-order valence-electron chi connectivity index (χ1n) is 15.0. The lowest BCUT2D eigenvalue weighted by Gasteiger charge is -2.13. The highest BCUT2D eigenvalue weighted by molar-refractivity contribution is 6.03. The van der Waals surface area contributed by atoms with Crippen LogP contribution in [0.5, 0.6) is 0 Å². The highest BCUT2D eigenvalue weighted by atomic mass is 14.2. The van der Waals surface area contributed by atoms with Crippen molar-refractivity contribution >= 4 is 55.2 Å². The van der Waals surface area contributed by atoms with Crippen LogP contribution in [0, 0.1) is 13.8 Å². The van der Waals surface area contributed by atoms with Crippen LogP contribution in [0.1, 0.15) is 33.4 Å². The molecule has 7 aromatic carbocycles. The Morgan fingerprint density at radius 1 is 0.381 bits per heavy atom. The summed E-state index contributed by atoms with van der Waals surface area (Å²) in [6, 6.07) is 37.5. The van der Waals surface area contributed by atoms with E-state index in [0.717, 1.165) is 12.8 Å². The lowest BCUT2D eigenvalue weighted by Crippen LogP contribution is -1.89. The fourth-order valence-electron chi connectivity index (χ4n) is 7.30. The lowest BCUT2D eigenvalue weighted by molar-refractivity contribution is 1.32. The minimum atomic E-state index is 1.05. The van der Waals surface area contributed by atoms with Gasteiger partial charge in [-0.15, -0.1) is 0 Å². The van der Waals surface area contributed by atoms with Crippen LogP contribution in [0.3, 0.4) is 0 Å². The van der Waals surface area contributed by atoms with Gasteiger partial charge < -0.3 is 0 Å². The van der Waals surface area contributed by atoms with Gasteiger partial charge in [0.2, 0.25) is 0 Å². The van der Waals surface area contributed by atoms with Gasteiger partial charge in [-0.05, 0) is 174 Å². The van der Waals surface area contributed by atoms with Gasteiger partial charge in [0.05, 0.1) is 0 Å². The Labute approximate surface area is 246 Å². The molecule has 0 nitrogen and oxygen atoms in total. The molecule has 2 aliphatic rings. The number of aryl methyl sites for hydroxylation is 2. The van der Waals surface area contributed by atoms with E-state index in [1.54, 1.807) is 0 Å². The standard InChI is InChI=1S/C42H30/c1-25-13-33-19-35-15-29-5-3-7-31(29)17-37(35)21-39(33)23-41(25)27-9-11-28(12-10-27)42-24-40-22-38-18-32-8-4-6-30(32)16-36(38)20-34(40)14-26(42)2/h3-4,7-24H,5-6H2,1-2H3. The molecule has 0 radical (unpaired) electrons. The zero-order chi connectivity index (χ0) is 27.9. The summed E-state index contributed by atoms with van der Waals surface area (Å²) in [5, 5.41) is 10.5. The van der Waals surface area contributed by atoms with Gasteiger partial charge in [-0.2, -0.15) is 0 Å². The predicted molar refractivity (Wildman–Crippen MR) is 182 cm³/mol. The SMILES string of the molecule is Cc1cc2cc3cc4c(cc3cc2cc1-c1ccc(-c2cc3cc5cc6c(cc5cc3cc2C)CC=C6)cc1)C=CC4. The van der Waals surface area contributed by atoms with E-state index in [4.69, 9.17) is 0 Å². The Bertz CT molecular complexity index is 2170. The molecular formula is C42H30. The van der Waals surface area contributed by atoms with Crippen LogP contribution < -0.4 is 0 Å². The molecule has 2 aliphatic carbocycles. The maximum atomic E-state index is 2.38. The van der Waals surface area contributed by atoms with Crippen molar-refractivity contribution < 1.29 is 0 Å². The van der Waals surface area contributed by atoms with E-state index in [2.05, 4.69) is 135 Å². The summed E-state index contributed by atoms with van der Waals surface area (Å²) < 4.78 is 0. The number of fused-ring (bicyclic) bond motifs is 6. The van der Waals surface area contributed by atoms with Gasteiger partial charge in [0.15, 0.2) is 0 Å². The van der Waals surface area contributed by atoms with Crippen LogP contribution in [0.25, 0.3) is 77.5 Å². The summed E-state index contributed by atoms with van der Waals surface area (Å²) in [6.45, 7) is 4.48. The number of hydrogen-bond acceptors (Lipinski definition) is 0. The number of hydrogen-bond donors (Lipinski definition) is 0. The molecule has 9 rings (SSSR count). The maximum absolute atomic E-state index is 2.38. The molecule has 198 valence electrons. The van der Waals surface area contributed by atoms with Gasteiger partial charge in [-0.3, -0.25) is 0 Å². The minimum Gasteiger partial charge on any atom is -0.0795 e. The average molecular weight is 535 g/mol. The Hall–Kier alpha value is -4.94. The highest BCUT2D eigenvalue weighted by Gasteiger charge is 2.12. The number of rotatable bonds is 2. The first-order chi connectivity index (χ1) is 20.6. The molecule has 0 N–H and O–H groups in total. The van der Waals surface area contributed by atoms with Crippen molar-refractivity contribution in [3.05, 3.63) is 143 Å². The Morgan fingerprint density at radius 3 is 1.17 bits per heavy atom. The molecule has 0 aliphatic heterocycles. The molecule has 0 aromatic heterocycles. The lowest BCUT2D eigenvalue weighted by atomic mass is 9.91. The zero-order valence-corrected chi connectivity index (χ0v) is 24.0. The molecule has 0 fully saturated rings. The Balaban J connectivity index is 1.10. The number of allylic oxidation sites excluding steroid dienone is 2. The van der Waals surface area contributed by atoms with E-state index in [1.165, 1.54) is 98.7 Å². The van der Waals surface area contributed by atoms with Gasteiger partial charge in [0.1, 0.15) is 0 Å². The fourth-order valence-corrected chi connectivity index (χ4v) is 7.30. The zero-order valence-electron chi connectivity index (χ0n) is 24.0. The normalized spacial score (nSPS) is 13.6. The van der Waals surface area contributed by atoms with Crippen molar-refractivity contribution in [1.29, 1.82) is 0 Å². The van der Waals surface area contributed by atoms with Crippen LogP contribution in [-0.4, -0.2) is 0 Å². The maximum Gasteiger partial charge on any atom is -0.00880 e. The first kappa shape index (κ1) is 23.7. The van der Waals surface area contributed by atoms with Crippen LogP contribution >= 0.6 is 0 Å². The third-order valence-electron chi connectivity index (χ3n) is 9.57. The number of benzene rings is 7. The molecule has 7 aromatic rings. The topological polar surface area (TPSA) is 0 Å². The summed E-state index contributed by atoms with van der Waals surface area (Å²) in [5.74, 6) is 0. The third-order valence-corrected chi connectivity index (χ3v) is 9.57. The van der Waals surface area contributed by atoms with Crippen molar-refractivity contribution in [1.82, 2.24) is 0 Å². The summed E-state index contributed by atoms with van der Waals surface area (Å²) in [4.78, 5) is 0. The quantitative estimate of drug-likeness (QED) is 0.194. The van der Waals surface area contributed by atoms with Crippen LogP contribution in [0.15, 0.2) is 109 Å².